The minimum Gasteiger partial charge on any atom is -0.382 e. The van der Waals surface area contributed by atoms with Crippen molar-refractivity contribution in [2.45, 2.75) is 18.9 Å². The Kier molecular flexibility index (Phi) is 7.22. The number of nitrogens with one attached hydrogen (secondary N) is 1. The summed E-state index contributed by atoms with van der Waals surface area (Å²) in [4.78, 5) is 39.7. The lowest BCUT2D eigenvalue weighted by molar-refractivity contribution is -0.127. The van der Waals surface area contributed by atoms with Crippen LogP contribution in [0.15, 0.2) is 79.3 Å². The normalized spacial score (nSPS) is 15.4. The largest absolute Gasteiger partial charge is 0.382 e. The maximum atomic E-state index is 13.3. The molecule has 5 aromatic rings. The van der Waals surface area contributed by atoms with Crippen molar-refractivity contribution in [2.75, 3.05) is 38.2 Å². The summed E-state index contributed by atoms with van der Waals surface area (Å²) < 4.78 is 3.97. The number of hydrogen-bond acceptors (Lipinski definition) is 6. The van der Waals surface area contributed by atoms with Gasteiger partial charge in [0.15, 0.2) is 0 Å². The van der Waals surface area contributed by atoms with Gasteiger partial charge in [-0.3, -0.25) is 14.0 Å². The van der Waals surface area contributed by atoms with Crippen LogP contribution in [0.4, 0.5) is 11.5 Å². The SMILES string of the molecule is CN(C)C/C=C/C(=O)N1CCC[C@H]1c1nc(-c2cccc(C(=O)Nc3ccc4c(ccn4C)c3)c2)c2c(N)nccn12. The number of fused-ring (bicyclic) bond motifs is 2. The summed E-state index contributed by atoms with van der Waals surface area (Å²) in [7, 11) is 5.92. The molecule has 0 bridgehead atoms. The molecule has 0 unspecified atom stereocenters. The Bertz CT molecular complexity index is 1830. The van der Waals surface area contributed by atoms with Crippen molar-refractivity contribution < 1.29 is 9.59 Å². The summed E-state index contributed by atoms with van der Waals surface area (Å²) in [5, 5.41) is 4.07. The average molecular weight is 563 g/mol. The van der Waals surface area contributed by atoms with Gasteiger partial charge in [0.25, 0.3) is 5.91 Å². The standard InChI is InChI=1S/C32H34N8O2/c1-37(2)15-6-10-27(41)39-16-5-9-26(39)31-36-28(29-30(33)34-14-18-40(29)31)22-7-4-8-23(19-22)32(42)35-24-11-12-25-21(20-24)13-17-38(25)3/h4,6-8,10-14,17-20,26H,5,9,15-16H2,1-3H3,(H2,33,34)(H,35,42)/b10-6+/t26-/m0/s1. The van der Waals surface area contributed by atoms with Crippen molar-refractivity contribution in [1.29, 1.82) is 0 Å². The van der Waals surface area contributed by atoms with Crippen LogP contribution in [0.3, 0.4) is 0 Å². The fourth-order valence-electron chi connectivity index (χ4n) is 5.65. The number of likely N-dealkylation sites (N-methyl/N-ethyl adjacent to an activating group) is 1. The molecule has 1 saturated heterocycles. The Hall–Kier alpha value is -4.96. The van der Waals surface area contributed by atoms with Crippen molar-refractivity contribution in [3.05, 3.63) is 90.7 Å². The molecule has 0 saturated carbocycles. The van der Waals surface area contributed by atoms with Gasteiger partial charge in [0.1, 0.15) is 22.9 Å². The Labute approximate surface area is 244 Å². The number of anilines is 2. The fourth-order valence-corrected chi connectivity index (χ4v) is 5.65. The lowest BCUT2D eigenvalue weighted by Crippen LogP contribution is -2.30. The molecule has 6 rings (SSSR count). The monoisotopic (exact) mass is 562 g/mol. The van der Waals surface area contributed by atoms with Crippen molar-refractivity contribution in [3.8, 4) is 11.3 Å². The third kappa shape index (κ3) is 5.12. The van der Waals surface area contributed by atoms with Crippen LogP contribution in [0, 0.1) is 0 Å². The Morgan fingerprint density at radius 1 is 1.14 bits per heavy atom. The molecule has 0 radical (unpaired) electrons. The molecule has 10 heteroatoms. The molecule has 0 aliphatic carbocycles. The van der Waals surface area contributed by atoms with Gasteiger partial charge in [-0.15, -0.1) is 0 Å². The summed E-state index contributed by atoms with van der Waals surface area (Å²) in [5.41, 5.74) is 10.7. The Balaban J connectivity index is 1.32. The van der Waals surface area contributed by atoms with Crippen LogP contribution in [0.1, 0.15) is 35.1 Å². The number of nitrogens with zero attached hydrogens (tertiary/aromatic N) is 6. The third-order valence-electron chi connectivity index (χ3n) is 7.72. The molecule has 3 N–H and O–H groups in total. The maximum absolute atomic E-state index is 13.3. The fraction of sp³-hybridized carbons (Fsp3) is 0.250. The van der Waals surface area contributed by atoms with Crippen LogP contribution in [0.2, 0.25) is 0 Å². The molecule has 1 aliphatic rings. The molecule has 3 aromatic heterocycles. The zero-order chi connectivity index (χ0) is 29.4. The van der Waals surface area contributed by atoms with E-state index in [4.69, 9.17) is 10.7 Å². The molecule has 1 fully saturated rings. The summed E-state index contributed by atoms with van der Waals surface area (Å²) >= 11 is 0. The summed E-state index contributed by atoms with van der Waals surface area (Å²) in [6.07, 6.45) is 10.7. The van der Waals surface area contributed by atoms with Crippen LogP contribution < -0.4 is 11.1 Å². The van der Waals surface area contributed by atoms with Gasteiger partial charge < -0.3 is 25.4 Å². The smallest absolute Gasteiger partial charge is 0.255 e. The number of nitrogen functional groups attached to an aromatic ring is 1. The molecule has 2 aromatic carbocycles. The van der Waals surface area contributed by atoms with E-state index >= 15 is 0 Å². The van der Waals surface area contributed by atoms with Gasteiger partial charge in [-0.2, -0.15) is 0 Å². The number of amides is 2. The van der Waals surface area contributed by atoms with Gasteiger partial charge in [-0.1, -0.05) is 18.2 Å². The predicted octanol–water partition coefficient (Wildman–Crippen LogP) is 4.50. The highest BCUT2D eigenvalue weighted by atomic mass is 16.2. The minimum absolute atomic E-state index is 0.0352. The number of carbonyl (C=O) groups is 2. The van der Waals surface area contributed by atoms with Crippen LogP contribution in [0.25, 0.3) is 27.7 Å². The quantitative estimate of drug-likeness (QED) is 0.282. The van der Waals surface area contributed by atoms with Crippen molar-refractivity contribution in [1.82, 2.24) is 28.7 Å². The van der Waals surface area contributed by atoms with E-state index in [0.29, 0.717) is 35.7 Å². The molecule has 4 heterocycles. The number of aryl methyl sites for hydroxylation is 1. The average Bonchev–Trinajstić information content (AvgIpc) is 3.70. The number of benzene rings is 2. The van der Waals surface area contributed by atoms with E-state index in [-0.39, 0.29) is 17.9 Å². The highest BCUT2D eigenvalue weighted by molar-refractivity contribution is 6.06. The molecular formula is C32H34N8O2. The van der Waals surface area contributed by atoms with Gasteiger partial charge in [0.2, 0.25) is 5.91 Å². The second-order valence-electron chi connectivity index (χ2n) is 10.9. The number of rotatable bonds is 7. The van der Waals surface area contributed by atoms with Crippen molar-refractivity contribution in [3.63, 3.8) is 0 Å². The minimum atomic E-state index is -0.223. The van der Waals surface area contributed by atoms with Crippen LogP contribution in [0.5, 0.6) is 0 Å². The topological polar surface area (TPSA) is 114 Å². The lowest BCUT2D eigenvalue weighted by atomic mass is 10.1. The first kappa shape index (κ1) is 27.2. The maximum Gasteiger partial charge on any atom is 0.255 e. The van der Waals surface area contributed by atoms with Gasteiger partial charge in [0, 0.05) is 72.5 Å². The van der Waals surface area contributed by atoms with Gasteiger partial charge >= 0.3 is 0 Å². The highest BCUT2D eigenvalue weighted by Gasteiger charge is 2.33. The summed E-state index contributed by atoms with van der Waals surface area (Å²) in [6, 6.07) is 15.0. The Morgan fingerprint density at radius 3 is 2.83 bits per heavy atom. The first-order chi connectivity index (χ1) is 20.3. The molecule has 2 amide bonds. The molecular weight excluding hydrogens is 528 g/mol. The van der Waals surface area contributed by atoms with Gasteiger partial charge in [-0.25, -0.2) is 9.97 Å². The molecule has 1 aliphatic heterocycles. The molecule has 1 atom stereocenters. The lowest BCUT2D eigenvalue weighted by Gasteiger charge is -2.22. The third-order valence-corrected chi connectivity index (χ3v) is 7.72. The van der Waals surface area contributed by atoms with E-state index in [1.807, 2.05) is 101 Å². The van der Waals surface area contributed by atoms with E-state index in [0.717, 1.165) is 40.8 Å². The summed E-state index contributed by atoms with van der Waals surface area (Å²) in [6.45, 7) is 1.35. The number of hydrogen-bond donors (Lipinski definition) is 2. The van der Waals surface area contributed by atoms with Gasteiger partial charge in [-0.05, 0) is 63.3 Å². The Morgan fingerprint density at radius 2 is 2.00 bits per heavy atom. The van der Waals surface area contributed by atoms with E-state index in [2.05, 4.69) is 10.3 Å². The van der Waals surface area contributed by atoms with Crippen LogP contribution >= 0.6 is 0 Å². The first-order valence-electron chi connectivity index (χ1n) is 14.0. The van der Waals surface area contributed by atoms with Gasteiger partial charge in [0.05, 0.1) is 6.04 Å². The number of aromatic nitrogens is 4. The molecule has 42 heavy (non-hydrogen) atoms. The van der Waals surface area contributed by atoms with Crippen LogP contribution in [-0.4, -0.2) is 67.7 Å². The van der Waals surface area contributed by atoms with Crippen molar-refractivity contribution >= 4 is 39.7 Å². The number of likely N-dealkylation sites (tertiary alicyclic amines) is 1. The first-order valence-corrected chi connectivity index (χ1v) is 14.0. The van der Waals surface area contributed by atoms with Crippen molar-refractivity contribution in [2.24, 2.45) is 7.05 Å². The molecule has 10 nitrogen and oxygen atoms in total. The highest BCUT2D eigenvalue weighted by Crippen LogP contribution is 2.36. The second kappa shape index (κ2) is 11.1. The summed E-state index contributed by atoms with van der Waals surface area (Å²) in [5.74, 6) is 0.803. The number of imidazole rings is 1. The van der Waals surface area contributed by atoms with Crippen LogP contribution in [-0.2, 0) is 11.8 Å². The van der Waals surface area contributed by atoms with E-state index in [1.54, 1.807) is 18.3 Å². The number of carbonyl (C=O) groups excluding carboxylic acids is 2. The van der Waals surface area contributed by atoms with E-state index in [1.165, 1.54) is 0 Å². The number of nitrogens with two attached hydrogens (primary N) is 1. The predicted molar refractivity (Wildman–Crippen MR) is 165 cm³/mol. The van der Waals surface area contributed by atoms with E-state index in [9.17, 15) is 9.59 Å². The molecule has 0 spiro atoms. The van der Waals surface area contributed by atoms with E-state index < -0.39 is 0 Å². The zero-order valence-electron chi connectivity index (χ0n) is 24.0. The zero-order valence-corrected chi connectivity index (χ0v) is 24.0. The second-order valence-corrected chi connectivity index (χ2v) is 10.9. The molecule has 214 valence electrons.